The Morgan fingerprint density at radius 3 is 2.93 bits per heavy atom. The van der Waals surface area contributed by atoms with E-state index in [4.69, 9.17) is 10.5 Å². The highest BCUT2D eigenvalue weighted by molar-refractivity contribution is 5.89. The first-order valence-electron chi connectivity index (χ1n) is 4.07. The summed E-state index contributed by atoms with van der Waals surface area (Å²) in [5, 5.41) is 6.02. The molecular formula is C7H13ClN4O3. The quantitative estimate of drug-likeness (QED) is 0.657. The van der Waals surface area contributed by atoms with Gasteiger partial charge in [0, 0.05) is 13.7 Å². The molecule has 0 aliphatic rings. The Balaban J connectivity index is 0.00000196. The van der Waals surface area contributed by atoms with Gasteiger partial charge in [-0.2, -0.15) is 4.98 Å². The van der Waals surface area contributed by atoms with Gasteiger partial charge in [-0.3, -0.25) is 4.79 Å². The maximum absolute atomic E-state index is 11.2. The smallest absolute Gasteiger partial charge is 0.315 e. The molecular weight excluding hydrogens is 224 g/mol. The zero-order valence-electron chi connectivity index (χ0n) is 8.23. The number of carbonyl (C=O) groups is 1. The SMILES string of the molecule is COCCNC(=O)c1nc(CN)no1.Cl. The summed E-state index contributed by atoms with van der Waals surface area (Å²) in [5.41, 5.74) is 5.25. The van der Waals surface area contributed by atoms with Gasteiger partial charge in [-0.25, -0.2) is 0 Å². The number of carbonyl (C=O) groups excluding carboxylic acids is 1. The number of nitrogens with two attached hydrogens (primary N) is 1. The lowest BCUT2D eigenvalue weighted by molar-refractivity contribution is 0.0893. The standard InChI is InChI=1S/C7H12N4O3.ClH/c1-13-3-2-9-6(12)7-10-5(4-8)11-14-7;/h2-4,8H2,1H3,(H,9,12);1H. The second-order valence-corrected chi connectivity index (χ2v) is 2.47. The molecule has 0 aliphatic carbocycles. The molecule has 1 amide bonds. The lowest BCUT2D eigenvalue weighted by atomic mass is 10.5. The van der Waals surface area contributed by atoms with E-state index in [1.807, 2.05) is 0 Å². The third-order valence-electron chi connectivity index (χ3n) is 1.44. The average Bonchev–Trinajstić information content (AvgIpc) is 2.66. The molecule has 1 aromatic rings. The lowest BCUT2D eigenvalue weighted by Gasteiger charge is -1.99. The van der Waals surface area contributed by atoms with E-state index in [2.05, 4.69) is 20.0 Å². The molecule has 0 saturated carbocycles. The van der Waals surface area contributed by atoms with Gasteiger partial charge in [-0.15, -0.1) is 12.4 Å². The van der Waals surface area contributed by atoms with E-state index in [0.29, 0.717) is 19.0 Å². The summed E-state index contributed by atoms with van der Waals surface area (Å²) in [7, 11) is 1.55. The van der Waals surface area contributed by atoms with Crippen LogP contribution in [0.15, 0.2) is 4.52 Å². The van der Waals surface area contributed by atoms with Crippen LogP contribution in [-0.4, -0.2) is 36.3 Å². The summed E-state index contributed by atoms with van der Waals surface area (Å²) in [5.74, 6) is -0.197. The van der Waals surface area contributed by atoms with Crippen molar-refractivity contribution in [3.63, 3.8) is 0 Å². The molecule has 3 N–H and O–H groups in total. The first-order chi connectivity index (χ1) is 6.77. The lowest BCUT2D eigenvalue weighted by Crippen LogP contribution is -2.27. The number of nitrogens with one attached hydrogen (secondary N) is 1. The summed E-state index contributed by atoms with van der Waals surface area (Å²) < 4.78 is 9.41. The predicted molar refractivity (Wildman–Crippen MR) is 53.6 cm³/mol. The average molecular weight is 237 g/mol. The van der Waals surface area contributed by atoms with Crippen molar-refractivity contribution in [1.29, 1.82) is 0 Å². The van der Waals surface area contributed by atoms with Gasteiger partial charge in [-0.1, -0.05) is 5.16 Å². The van der Waals surface area contributed by atoms with Crippen LogP contribution in [0.25, 0.3) is 0 Å². The molecule has 1 aromatic heterocycles. The molecule has 86 valence electrons. The maximum atomic E-state index is 11.2. The molecule has 0 spiro atoms. The second kappa shape index (κ2) is 7.16. The Morgan fingerprint density at radius 1 is 1.67 bits per heavy atom. The van der Waals surface area contributed by atoms with Gasteiger partial charge in [0.15, 0.2) is 5.82 Å². The van der Waals surface area contributed by atoms with Gasteiger partial charge in [-0.05, 0) is 0 Å². The molecule has 0 saturated heterocycles. The van der Waals surface area contributed by atoms with Crippen molar-refractivity contribution in [2.75, 3.05) is 20.3 Å². The Kier molecular flexibility index (Phi) is 6.59. The normalized spacial score (nSPS) is 9.47. The summed E-state index contributed by atoms with van der Waals surface area (Å²) in [6, 6.07) is 0. The first-order valence-corrected chi connectivity index (χ1v) is 4.07. The molecule has 0 unspecified atom stereocenters. The molecule has 8 heteroatoms. The number of halogens is 1. The highest BCUT2D eigenvalue weighted by Crippen LogP contribution is 1.95. The Bertz CT molecular complexity index is 304. The van der Waals surface area contributed by atoms with E-state index in [1.54, 1.807) is 7.11 Å². The van der Waals surface area contributed by atoms with E-state index in [-0.39, 0.29) is 24.8 Å². The molecule has 0 aliphatic heterocycles. The number of amides is 1. The van der Waals surface area contributed by atoms with Crippen molar-refractivity contribution in [1.82, 2.24) is 15.5 Å². The van der Waals surface area contributed by atoms with Gasteiger partial charge in [0.25, 0.3) is 0 Å². The van der Waals surface area contributed by atoms with Gasteiger partial charge in [0.1, 0.15) is 0 Å². The monoisotopic (exact) mass is 236 g/mol. The zero-order chi connectivity index (χ0) is 10.4. The van der Waals surface area contributed by atoms with E-state index in [0.717, 1.165) is 0 Å². The van der Waals surface area contributed by atoms with Gasteiger partial charge in [0.05, 0.1) is 13.2 Å². The molecule has 0 radical (unpaired) electrons. The largest absolute Gasteiger partial charge is 0.383 e. The number of rotatable bonds is 5. The Labute approximate surface area is 92.8 Å². The topological polar surface area (TPSA) is 103 Å². The number of nitrogens with zero attached hydrogens (tertiary/aromatic N) is 2. The molecule has 7 nitrogen and oxygen atoms in total. The van der Waals surface area contributed by atoms with Crippen LogP contribution in [0.2, 0.25) is 0 Å². The fourth-order valence-corrected chi connectivity index (χ4v) is 0.771. The third kappa shape index (κ3) is 4.24. The van der Waals surface area contributed by atoms with Crippen molar-refractivity contribution in [3.05, 3.63) is 11.7 Å². The van der Waals surface area contributed by atoms with Crippen LogP contribution >= 0.6 is 12.4 Å². The van der Waals surface area contributed by atoms with E-state index >= 15 is 0 Å². The number of ether oxygens (including phenoxy) is 1. The number of methoxy groups -OCH3 is 1. The number of aromatic nitrogens is 2. The summed E-state index contributed by atoms with van der Waals surface area (Å²) in [4.78, 5) is 15.0. The van der Waals surface area contributed by atoms with Gasteiger partial charge >= 0.3 is 11.8 Å². The molecule has 0 atom stereocenters. The minimum Gasteiger partial charge on any atom is -0.383 e. The third-order valence-corrected chi connectivity index (χ3v) is 1.44. The highest BCUT2D eigenvalue weighted by Gasteiger charge is 2.13. The maximum Gasteiger partial charge on any atom is 0.315 e. The fraction of sp³-hybridized carbons (Fsp3) is 0.571. The van der Waals surface area contributed by atoms with E-state index < -0.39 is 5.91 Å². The number of hydrogen-bond acceptors (Lipinski definition) is 6. The zero-order valence-corrected chi connectivity index (χ0v) is 9.04. The predicted octanol–water partition coefficient (Wildman–Crippen LogP) is -0.674. The van der Waals surface area contributed by atoms with E-state index in [9.17, 15) is 4.79 Å². The molecule has 0 aromatic carbocycles. The second-order valence-electron chi connectivity index (χ2n) is 2.47. The van der Waals surface area contributed by atoms with Crippen LogP contribution in [0.4, 0.5) is 0 Å². The molecule has 15 heavy (non-hydrogen) atoms. The summed E-state index contributed by atoms with van der Waals surface area (Å²) >= 11 is 0. The fourth-order valence-electron chi connectivity index (χ4n) is 0.771. The van der Waals surface area contributed by atoms with Crippen LogP contribution in [0.1, 0.15) is 16.5 Å². The van der Waals surface area contributed by atoms with Gasteiger partial charge < -0.3 is 20.3 Å². The van der Waals surface area contributed by atoms with Crippen molar-refractivity contribution in [3.8, 4) is 0 Å². The molecule has 0 bridgehead atoms. The van der Waals surface area contributed by atoms with Crippen molar-refractivity contribution < 1.29 is 14.1 Å². The van der Waals surface area contributed by atoms with Crippen LogP contribution in [0, 0.1) is 0 Å². The van der Waals surface area contributed by atoms with Gasteiger partial charge in [0.2, 0.25) is 0 Å². The molecule has 1 rings (SSSR count). The van der Waals surface area contributed by atoms with Crippen LogP contribution < -0.4 is 11.1 Å². The van der Waals surface area contributed by atoms with Crippen LogP contribution in [0.5, 0.6) is 0 Å². The van der Waals surface area contributed by atoms with Crippen molar-refractivity contribution in [2.45, 2.75) is 6.54 Å². The Morgan fingerprint density at radius 2 is 2.40 bits per heavy atom. The Hall–Kier alpha value is -1.18. The minimum atomic E-state index is -0.422. The number of hydrogen-bond donors (Lipinski definition) is 2. The van der Waals surface area contributed by atoms with Crippen LogP contribution in [-0.2, 0) is 11.3 Å². The van der Waals surface area contributed by atoms with E-state index in [1.165, 1.54) is 0 Å². The molecule has 0 fully saturated rings. The van der Waals surface area contributed by atoms with Crippen molar-refractivity contribution in [2.24, 2.45) is 5.73 Å². The van der Waals surface area contributed by atoms with Crippen molar-refractivity contribution >= 4 is 18.3 Å². The summed E-state index contributed by atoms with van der Waals surface area (Å²) in [6.07, 6.45) is 0. The van der Waals surface area contributed by atoms with Crippen LogP contribution in [0.3, 0.4) is 0 Å². The minimum absolute atomic E-state index is 0. The first kappa shape index (κ1) is 13.8. The molecule has 1 heterocycles. The summed E-state index contributed by atoms with van der Waals surface area (Å²) in [6.45, 7) is 0.980. The highest BCUT2D eigenvalue weighted by atomic mass is 35.5.